The number of carbonyl (C=O) groups excluding carboxylic acids is 2. The van der Waals surface area contributed by atoms with Crippen molar-refractivity contribution in [1.29, 1.82) is 0 Å². The first-order valence-electron chi connectivity index (χ1n) is 11.6. The third-order valence-corrected chi connectivity index (χ3v) is 6.34. The van der Waals surface area contributed by atoms with Crippen LogP contribution in [0.15, 0.2) is 54.6 Å². The van der Waals surface area contributed by atoms with E-state index >= 15 is 0 Å². The molecule has 2 aromatic carbocycles. The number of benzene rings is 2. The summed E-state index contributed by atoms with van der Waals surface area (Å²) in [6.45, 7) is 6.39. The van der Waals surface area contributed by atoms with Crippen molar-refractivity contribution < 1.29 is 9.59 Å². The van der Waals surface area contributed by atoms with Gasteiger partial charge in [-0.05, 0) is 81.1 Å². The van der Waals surface area contributed by atoms with Crippen molar-refractivity contribution in [3.8, 4) is 0 Å². The Hall–Kier alpha value is -2.37. The molecule has 2 amide bonds. The van der Waals surface area contributed by atoms with Gasteiger partial charge < -0.3 is 15.5 Å². The van der Waals surface area contributed by atoms with Gasteiger partial charge in [-0.1, -0.05) is 48.9 Å². The molecule has 5 nitrogen and oxygen atoms in total. The molecule has 1 atom stereocenters. The molecule has 0 saturated carbocycles. The fraction of sp³-hybridized carbons (Fsp3) is 0.462. The lowest BCUT2D eigenvalue weighted by atomic mass is 9.99. The molecule has 1 aliphatic rings. The Bertz CT molecular complexity index is 849. The average molecular weight is 456 g/mol. The maximum Gasteiger partial charge on any atom is 0.251 e. The molecule has 2 aromatic rings. The Labute approximate surface area is 196 Å². The largest absolute Gasteiger partial charge is 0.354 e. The molecule has 0 spiro atoms. The molecular weight excluding hydrogens is 422 g/mol. The summed E-state index contributed by atoms with van der Waals surface area (Å²) in [5, 5.41) is 6.48. The van der Waals surface area contributed by atoms with Crippen LogP contribution in [0.5, 0.6) is 0 Å². The van der Waals surface area contributed by atoms with E-state index in [4.69, 9.17) is 11.6 Å². The third-order valence-electron chi connectivity index (χ3n) is 6.09. The number of amides is 2. The Kier molecular flexibility index (Phi) is 9.57. The molecule has 172 valence electrons. The molecule has 6 heteroatoms. The molecule has 0 bridgehead atoms. The molecular formula is C26H34ClN3O2. The first-order chi connectivity index (χ1) is 15.5. The fourth-order valence-corrected chi connectivity index (χ4v) is 4.11. The summed E-state index contributed by atoms with van der Waals surface area (Å²) in [5.41, 5.74) is 1.49. The van der Waals surface area contributed by atoms with Crippen LogP contribution in [0.2, 0.25) is 5.02 Å². The van der Waals surface area contributed by atoms with E-state index in [1.807, 2.05) is 30.3 Å². The van der Waals surface area contributed by atoms with Crippen molar-refractivity contribution in [3.63, 3.8) is 0 Å². The quantitative estimate of drug-likeness (QED) is 0.525. The van der Waals surface area contributed by atoms with Gasteiger partial charge in [-0.25, -0.2) is 0 Å². The van der Waals surface area contributed by atoms with Gasteiger partial charge in [0.05, 0.1) is 0 Å². The Balaban J connectivity index is 1.49. The van der Waals surface area contributed by atoms with Gasteiger partial charge in [0.2, 0.25) is 5.91 Å². The number of nitrogens with one attached hydrogen (secondary N) is 2. The molecule has 3 rings (SSSR count). The van der Waals surface area contributed by atoms with Crippen LogP contribution in [0.25, 0.3) is 0 Å². The van der Waals surface area contributed by atoms with Gasteiger partial charge in [0.15, 0.2) is 0 Å². The number of halogens is 1. The summed E-state index contributed by atoms with van der Waals surface area (Å²) < 4.78 is 0. The second-order valence-electron chi connectivity index (χ2n) is 8.74. The molecule has 0 aromatic heterocycles. The molecule has 0 aliphatic carbocycles. The Morgan fingerprint density at radius 2 is 1.72 bits per heavy atom. The van der Waals surface area contributed by atoms with E-state index in [1.54, 1.807) is 24.3 Å². The number of carbonyl (C=O) groups is 2. The maximum atomic E-state index is 12.9. The second kappa shape index (κ2) is 12.6. The normalized spacial score (nSPS) is 15.8. The zero-order valence-corrected chi connectivity index (χ0v) is 19.6. The highest BCUT2D eigenvalue weighted by Crippen LogP contribution is 2.16. The molecule has 2 N–H and O–H groups in total. The van der Waals surface area contributed by atoms with Crippen molar-refractivity contribution in [2.45, 2.75) is 45.1 Å². The van der Waals surface area contributed by atoms with Gasteiger partial charge in [0.25, 0.3) is 5.91 Å². The minimum absolute atomic E-state index is 0.150. The molecule has 1 unspecified atom stereocenters. The molecule has 1 saturated heterocycles. The van der Waals surface area contributed by atoms with Crippen LogP contribution >= 0.6 is 11.6 Å². The summed E-state index contributed by atoms with van der Waals surface area (Å²) in [6.07, 6.45) is 5.00. The van der Waals surface area contributed by atoms with Crippen LogP contribution in [0, 0.1) is 5.92 Å². The minimum Gasteiger partial charge on any atom is -0.354 e. The Morgan fingerprint density at radius 1 is 1.03 bits per heavy atom. The van der Waals surface area contributed by atoms with Crippen molar-refractivity contribution in [1.82, 2.24) is 15.5 Å². The molecule has 1 heterocycles. The van der Waals surface area contributed by atoms with E-state index in [9.17, 15) is 9.59 Å². The van der Waals surface area contributed by atoms with Crippen LogP contribution in [-0.4, -0.2) is 48.9 Å². The van der Waals surface area contributed by atoms with Crippen LogP contribution in [0.4, 0.5) is 0 Å². The standard InChI is InChI=1S/C26H34ClN3O2/c1-20-13-17-30(18-14-20)16-6-5-15-28-26(32)24(19-21-7-3-2-4-8-21)29-25(31)22-9-11-23(27)12-10-22/h2-4,7-12,20,24H,5-6,13-19H2,1H3,(H,28,32)(H,29,31). The summed E-state index contributed by atoms with van der Waals surface area (Å²) in [7, 11) is 0. The van der Waals surface area contributed by atoms with Crippen molar-refractivity contribution in [2.75, 3.05) is 26.2 Å². The molecule has 32 heavy (non-hydrogen) atoms. The smallest absolute Gasteiger partial charge is 0.251 e. The van der Waals surface area contributed by atoms with E-state index < -0.39 is 6.04 Å². The average Bonchev–Trinajstić information content (AvgIpc) is 2.80. The van der Waals surface area contributed by atoms with Crippen molar-refractivity contribution in [3.05, 3.63) is 70.7 Å². The summed E-state index contributed by atoms with van der Waals surface area (Å²) in [4.78, 5) is 28.1. The number of nitrogens with zero attached hydrogens (tertiary/aromatic N) is 1. The van der Waals surface area contributed by atoms with Gasteiger partial charge >= 0.3 is 0 Å². The fourth-order valence-electron chi connectivity index (χ4n) is 3.98. The van der Waals surface area contributed by atoms with E-state index in [-0.39, 0.29) is 11.8 Å². The minimum atomic E-state index is -0.635. The first kappa shape index (κ1) is 24.3. The summed E-state index contributed by atoms with van der Waals surface area (Å²) >= 11 is 5.92. The number of piperidine rings is 1. The number of rotatable bonds is 10. The predicted molar refractivity (Wildman–Crippen MR) is 130 cm³/mol. The van der Waals surface area contributed by atoms with Gasteiger partial charge in [0.1, 0.15) is 6.04 Å². The van der Waals surface area contributed by atoms with Crippen LogP contribution in [0.3, 0.4) is 0 Å². The Morgan fingerprint density at radius 3 is 2.41 bits per heavy atom. The molecule has 1 aliphatic heterocycles. The lowest BCUT2D eigenvalue weighted by molar-refractivity contribution is -0.122. The van der Waals surface area contributed by atoms with Gasteiger partial charge in [0, 0.05) is 23.6 Å². The zero-order chi connectivity index (χ0) is 22.8. The lowest BCUT2D eigenvalue weighted by Gasteiger charge is -2.30. The topological polar surface area (TPSA) is 61.4 Å². The molecule has 0 radical (unpaired) electrons. The second-order valence-corrected chi connectivity index (χ2v) is 9.18. The zero-order valence-electron chi connectivity index (χ0n) is 18.9. The number of hydrogen-bond acceptors (Lipinski definition) is 3. The van der Waals surface area contributed by atoms with Gasteiger partial charge in [-0.3, -0.25) is 9.59 Å². The highest BCUT2D eigenvalue weighted by molar-refractivity contribution is 6.30. The first-order valence-corrected chi connectivity index (χ1v) is 12.0. The summed E-state index contributed by atoms with van der Waals surface area (Å²) in [6, 6.07) is 15.8. The number of unbranched alkanes of at least 4 members (excludes halogenated alkanes) is 1. The number of likely N-dealkylation sites (tertiary alicyclic amines) is 1. The van der Waals surface area contributed by atoms with E-state index in [2.05, 4.69) is 22.5 Å². The highest BCUT2D eigenvalue weighted by atomic mass is 35.5. The third kappa shape index (κ3) is 7.95. The lowest BCUT2D eigenvalue weighted by Crippen LogP contribution is -2.48. The van der Waals surface area contributed by atoms with Crippen molar-refractivity contribution in [2.24, 2.45) is 5.92 Å². The monoisotopic (exact) mass is 455 g/mol. The van der Waals surface area contributed by atoms with Crippen LogP contribution in [-0.2, 0) is 11.2 Å². The predicted octanol–water partition coefficient (Wildman–Crippen LogP) is 4.31. The van der Waals surface area contributed by atoms with E-state index in [0.717, 1.165) is 30.9 Å². The SMILES string of the molecule is CC1CCN(CCCCNC(=O)C(Cc2ccccc2)NC(=O)c2ccc(Cl)cc2)CC1. The summed E-state index contributed by atoms with van der Waals surface area (Å²) in [5.74, 6) is 0.412. The van der Waals surface area contributed by atoms with E-state index in [1.165, 1.54) is 25.9 Å². The van der Waals surface area contributed by atoms with Gasteiger partial charge in [-0.15, -0.1) is 0 Å². The van der Waals surface area contributed by atoms with Crippen molar-refractivity contribution >= 4 is 23.4 Å². The van der Waals surface area contributed by atoms with Crippen LogP contribution in [0.1, 0.15) is 48.5 Å². The maximum absolute atomic E-state index is 12.9. The molecule has 1 fully saturated rings. The highest BCUT2D eigenvalue weighted by Gasteiger charge is 2.22. The van der Waals surface area contributed by atoms with Gasteiger partial charge in [-0.2, -0.15) is 0 Å². The number of hydrogen-bond donors (Lipinski definition) is 2. The van der Waals surface area contributed by atoms with Crippen LogP contribution < -0.4 is 10.6 Å². The van der Waals surface area contributed by atoms with E-state index in [0.29, 0.717) is 23.6 Å².